The second kappa shape index (κ2) is 5.60. The summed E-state index contributed by atoms with van der Waals surface area (Å²) in [7, 11) is 1.65. The lowest BCUT2D eigenvalue weighted by atomic mass is 9.97. The van der Waals surface area contributed by atoms with Crippen LogP contribution in [0.1, 0.15) is 27.0 Å². The zero-order chi connectivity index (χ0) is 14.8. The van der Waals surface area contributed by atoms with Crippen LogP contribution in [0.5, 0.6) is 5.75 Å². The predicted octanol–water partition coefficient (Wildman–Crippen LogP) is 3.20. The van der Waals surface area contributed by atoms with E-state index in [9.17, 15) is 4.79 Å². The molecule has 0 unspecified atom stereocenters. The minimum absolute atomic E-state index is 0.0941. The van der Waals surface area contributed by atoms with Gasteiger partial charge in [-0.1, -0.05) is 35.9 Å². The van der Waals surface area contributed by atoms with Gasteiger partial charge in [-0.2, -0.15) is 0 Å². The van der Waals surface area contributed by atoms with Crippen LogP contribution in [-0.2, 0) is 13.0 Å². The van der Waals surface area contributed by atoms with Gasteiger partial charge in [-0.25, -0.2) is 0 Å². The fourth-order valence-corrected chi connectivity index (χ4v) is 2.92. The molecule has 1 amide bonds. The smallest absolute Gasteiger partial charge is 0.254 e. The molecule has 0 N–H and O–H groups in total. The van der Waals surface area contributed by atoms with E-state index in [-0.39, 0.29) is 5.91 Å². The van der Waals surface area contributed by atoms with E-state index < -0.39 is 0 Å². The SMILES string of the molecule is COc1cccc2c1CCN(Cc1cccc(C)c1)C2=O. The largest absolute Gasteiger partial charge is 0.496 e. The molecule has 0 radical (unpaired) electrons. The van der Waals surface area contributed by atoms with Crippen molar-refractivity contribution in [3.63, 3.8) is 0 Å². The molecule has 1 aliphatic rings. The van der Waals surface area contributed by atoms with Crippen LogP contribution < -0.4 is 4.74 Å². The van der Waals surface area contributed by atoms with Crippen LogP contribution in [0.25, 0.3) is 0 Å². The lowest BCUT2D eigenvalue weighted by Gasteiger charge is -2.29. The number of fused-ring (bicyclic) bond motifs is 1. The van der Waals surface area contributed by atoms with Crippen molar-refractivity contribution in [1.82, 2.24) is 4.90 Å². The molecule has 3 heteroatoms. The Bertz CT molecular complexity index is 679. The summed E-state index contributed by atoms with van der Waals surface area (Å²) in [4.78, 5) is 14.6. The molecule has 2 aromatic carbocycles. The maximum Gasteiger partial charge on any atom is 0.254 e. The highest BCUT2D eigenvalue weighted by atomic mass is 16.5. The molecule has 0 bridgehead atoms. The summed E-state index contributed by atoms with van der Waals surface area (Å²) in [6.45, 7) is 3.47. The second-order valence-electron chi connectivity index (χ2n) is 5.45. The van der Waals surface area contributed by atoms with E-state index in [1.54, 1.807) is 7.11 Å². The standard InChI is InChI=1S/C18H19NO2/c1-13-5-3-6-14(11-13)12-19-10-9-15-16(18(19)20)7-4-8-17(15)21-2/h3-8,11H,9-10,12H2,1-2H3. The Morgan fingerprint density at radius 1 is 1.19 bits per heavy atom. The highest BCUT2D eigenvalue weighted by Crippen LogP contribution is 2.28. The molecule has 1 heterocycles. The summed E-state index contributed by atoms with van der Waals surface area (Å²) in [5.41, 5.74) is 4.20. The Hall–Kier alpha value is -2.29. The summed E-state index contributed by atoms with van der Waals surface area (Å²) in [5.74, 6) is 0.910. The normalized spacial score (nSPS) is 14.0. The van der Waals surface area contributed by atoms with Crippen molar-refractivity contribution < 1.29 is 9.53 Å². The zero-order valence-corrected chi connectivity index (χ0v) is 12.4. The summed E-state index contributed by atoms with van der Waals surface area (Å²) in [6, 6.07) is 14.0. The number of ether oxygens (including phenoxy) is 1. The Balaban J connectivity index is 1.86. The lowest BCUT2D eigenvalue weighted by molar-refractivity contribution is 0.0725. The van der Waals surface area contributed by atoms with Gasteiger partial charge in [0.15, 0.2) is 0 Å². The Kier molecular flexibility index (Phi) is 3.65. The first-order chi connectivity index (χ1) is 10.2. The van der Waals surface area contributed by atoms with Gasteiger partial charge in [-0.15, -0.1) is 0 Å². The number of benzene rings is 2. The van der Waals surface area contributed by atoms with Crippen LogP contribution >= 0.6 is 0 Å². The predicted molar refractivity (Wildman–Crippen MR) is 82.6 cm³/mol. The first kappa shape index (κ1) is 13.7. The van der Waals surface area contributed by atoms with Gasteiger partial charge in [0.25, 0.3) is 5.91 Å². The molecule has 2 aromatic rings. The molecule has 3 nitrogen and oxygen atoms in total. The van der Waals surface area contributed by atoms with Crippen LogP contribution in [0.4, 0.5) is 0 Å². The molecule has 0 atom stereocenters. The number of rotatable bonds is 3. The average Bonchev–Trinajstić information content (AvgIpc) is 2.50. The molecule has 0 saturated heterocycles. The molecular weight excluding hydrogens is 262 g/mol. The van der Waals surface area contributed by atoms with Crippen molar-refractivity contribution in [1.29, 1.82) is 0 Å². The quantitative estimate of drug-likeness (QED) is 0.864. The molecular formula is C18H19NO2. The average molecular weight is 281 g/mol. The Labute approximate surface area is 125 Å². The molecule has 0 aliphatic carbocycles. The number of amides is 1. The Morgan fingerprint density at radius 2 is 2.00 bits per heavy atom. The van der Waals surface area contributed by atoms with E-state index in [0.29, 0.717) is 6.54 Å². The van der Waals surface area contributed by atoms with E-state index in [1.165, 1.54) is 11.1 Å². The minimum Gasteiger partial charge on any atom is -0.496 e. The van der Waals surface area contributed by atoms with Gasteiger partial charge in [0, 0.05) is 24.2 Å². The van der Waals surface area contributed by atoms with E-state index in [0.717, 1.165) is 29.8 Å². The highest BCUT2D eigenvalue weighted by Gasteiger charge is 2.26. The molecule has 108 valence electrons. The van der Waals surface area contributed by atoms with Gasteiger partial charge in [-0.3, -0.25) is 4.79 Å². The summed E-state index contributed by atoms with van der Waals surface area (Å²) < 4.78 is 5.36. The fourth-order valence-electron chi connectivity index (χ4n) is 2.92. The summed E-state index contributed by atoms with van der Waals surface area (Å²) in [5, 5.41) is 0. The van der Waals surface area contributed by atoms with Crippen LogP contribution in [-0.4, -0.2) is 24.5 Å². The number of carbonyl (C=O) groups is 1. The third-order valence-electron chi connectivity index (χ3n) is 3.96. The van der Waals surface area contributed by atoms with Crippen molar-refractivity contribution in [3.05, 3.63) is 64.7 Å². The molecule has 0 fully saturated rings. The number of hydrogen-bond acceptors (Lipinski definition) is 2. The van der Waals surface area contributed by atoms with Gasteiger partial charge >= 0.3 is 0 Å². The maximum atomic E-state index is 12.6. The van der Waals surface area contributed by atoms with E-state index in [1.807, 2.05) is 29.2 Å². The molecule has 0 aromatic heterocycles. The van der Waals surface area contributed by atoms with Crippen LogP contribution in [0.3, 0.4) is 0 Å². The van der Waals surface area contributed by atoms with Gasteiger partial charge in [0.1, 0.15) is 5.75 Å². The molecule has 1 aliphatic heterocycles. The number of nitrogens with zero attached hydrogens (tertiary/aromatic N) is 1. The number of aryl methyl sites for hydroxylation is 1. The van der Waals surface area contributed by atoms with Crippen molar-refractivity contribution in [2.45, 2.75) is 19.9 Å². The van der Waals surface area contributed by atoms with Crippen molar-refractivity contribution >= 4 is 5.91 Å². The van der Waals surface area contributed by atoms with E-state index >= 15 is 0 Å². The Morgan fingerprint density at radius 3 is 2.76 bits per heavy atom. The second-order valence-corrected chi connectivity index (χ2v) is 5.45. The molecule has 0 spiro atoms. The van der Waals surface area contributed by atoms with Gasteiger partial charge in [0.05, 0.1) is 7.11 Å². The molecule has 3 rings (SSSR count). The number of methoxy groups -OCH3 is 1. The zero-order valence-electron chi connectivity index (χ0n) is 12.4. The lowest BCUT2D eigenvalue weighted by Crippen LogP contribution is -2.37. The first-order valence-electron chi connectivity index (χ1n) is 7.20. The minimum atomic E-state index is 0.0941. The fraction of sp³-hybridized carbons (Fsp3) is 0.278. The maximum absolute atomic E-state index is 12.6. The van der Waals surface area contributed by atoms with Crippen LogP contribution in [0.2, 0.25) is 0 Å². The van der Waals surface area contributed by atoms with Crippen molar-refractivity contribution in [3.8, 4) is 5.75 Å². The van der Waals surface area contributed by atoms with E-state index in [2.05, 4.69) is 25.1 Å². The number of hydrogen-bond donors (Lipinski definition) is 0. The van der Waals surface area contributed by atoms with Gasteiger partial charge < -0.3 is 9.64 Å². The van der Waals surface area contributed by atoms with Crippen LogP contribution in [0, 0.1) is 6.92 Å². The van der Waals surface area contributed by atoms with Gasteiger partial charge in [0.2, 0.25) is 0 Å². The first-order valence-corrected chi connectivity index (χ1v) is 7.20. The monoisotopic (exact) mass is 281 g/mol. The summed E-state index contributed by atoms with van der Waals surface area (Å²) >= 11 is 0. The van der Waals surface area contributed by atoms with Crippen molar-refractivity contribution in [2.24, 2.45) is 0 Å². The summed E-state index contributed by atoms with van der Waals surface area (Å²) in [6.07, 6.45) is 0.844. The van der Waals surface area contributed by atoms with Crippen LogP contribution in [0.15, 0.2) is 42.5 Å². The topological polar surface area (TPSA) is 29.5 Å². The van der Waals surface area contributed by atoms with Gasteiger partial charge in [-0.05, 0) is 31.0 Å². The number of carbonyl (C=O) groups excluding carboxylic acids is 1. The third-order valence-corrected chi connectivity index (χ3v) is 3.96. The molecule has 0 saturated carbocycles. The third kappa shape index (κ3) is 2.64. The highest BCUT2D eigenvalue weighted by molar-refractivity contribution is 5.97. The van der Waals surface area contributed by atoms with Crippen molar-refractivity contribution in [2.75, 3.05) is 13.7 Å². The van der Waals surface area contributed by atoms with E-state index in [4.69, 9.17) is 4.74 Å². The molecule has 21 heavy (non-hydrogen) atoms.